The second-order valence-corrected chi connectivity index (χ2v) is 7.67. The third-order valence-electron chi connectivity index (χ3n) is 4.81. The van der Waals surface area contributed by atoms with Gasteiger partial charge < -0.3 is 5.32 Å². The molecule has 1 fully saturated rings. The van der Waals surface area contributed by atoms with Gasteiger partial charge in [0.2, 0.25) is 0 Å². The lowest BCUT2D eigenvalue weighted by atomic mass is 10.0. The number of rotatable bonds is 4. The first-order valence-electron chi connectivity index (χ1n) is 8.62. The summed E-state index contributed by atoms with van der Waals surface area (Å²) >= 11 is 1.68. The quantitative estimate of drug-likeness (QED) is 0.774. The molecule has 0 aliphatic carbocycles. The third kappa shape index (κ3) is 3.39. The van der Waals surface area contributed by atoms with Gasteiger partial charge in [-0.15, -0.1) is 0 Å². The van der Waals surface area contributed by atoms with Crippen LogP contribution >= 0.6 is 11.3 Å². The number of nitrogens with one attached hydrogen (secondary N) is 1. The molecule has 3 aromatic rings. The van der Waals surface area contributed by atoms with Crippen molar-refractivity contribution in [3.63, 3.8) is 0 Å². The molecule has 132 valence electrons. The maximum Gasteiger partial charge on any atom is 0.185 e. The van der Waals surface area contributed by atoms with E-state index >= 15 is 0 Å². The van der Waals surface area contributed by atoms with Crippen LogP contribution < -0.4 is 5.32 Å². The van der Waals surface area contributed by atoms with Gasteiger partial charge in [-0.25, -0.2) is 14.1 Å². The Balaban J connectivity index is 1.35. The van der Waals surface area contributed by atoms with Crippen LogP contribution in [0.4, 0.5) is 9.52 Å². The van der Waals surface area contributed by atoms with Crippen molar-refractivity contribution in [1.82, 2.24) is 19.7 Å². The number of anilines is 1. The smallest absolute Gasteiger partial charge is 0.185 e. The minimum atomic E-state index is -0.110. The summed E-state index contributed by atoms with van der Waals surface area (Å²) < 4.78 is 16.8. The SMILES string of the molecule is Cc1nn(C)c2nc(NC3CCN(Cc4ccccc4F)CC3)sc12. The van der Waals surface area contributed by atoms with Gasteiger partial charge in [0.05, 0.1) is 10.4 Å². The first-order chi connectivity index (χ1) is 12.1. The summed E-state index contributed by atoms with van der Waals surface area (Å²) in [6, 6.07) is 7.47. The molecule has 0 radical (unpaired) electrons. The fourth-order valence-corrected chi connectivity index (χ4v) is 4.43. The van der Waals surface area contributed by atoms with Gasteiger partial charge in [-0.2, -0.15) is 5.10 Å². The first kappa shape index (κ1) is 16.5. The molecule has 1 aromatic carbocycles. The van der Waals surface area contributed by atoms with Crippen molar-refractivity contribution in [3.8, 4) is 0 Å². The van der Waals surface area contributed by atoms with Crippen LogP contribution in [-0.2, 0) is 13.6 Å². The summed E-state index contributed by atoms with van der Waals surface area (Å²) in [4.78, 5) is 6.99. The number of likely N-dealkylation sites (tertiary alicyclic amines) is 1. The van der Waals surface area contributed by atoms with E-state index in [1.165, 1.54) is 6.07 Å². The number of fused-ring (bicyclic) bond motifs is 1. The lowest BCUT2D eigenvalue weighted by molar-refractivity contribution is 0.209. The van der Waals surface area contributed by atoms with Crippen molar-refractivity contribution in [2.24, 2.45) is 7.05 Å². The Morgan fingerprint density at radius 1 is 1.28 bits per heavy atom. The predicted molar refractivity (Wildman–Crippen MR) is 99.4 cm³/mol. The zero-order valence-electron chi connectivity index (χ0n) is 14.5. The van der Waals surface area contributed by atoms with Crippen molar-refractivity contribution < 1.29 is 4.39 Å². The molecule has 1 saturated heterocycles. The largest absolute Gasteiger partial charge is 0.359 e. The van der Waals surface area contributed by atoms with Crippen molar-refractivity contribution in [3.05, 3.63) is 41.3 Å². The second kappa shape index (κ2) is 6.72. The van der Waals surface area contributed by atoms with E-state index in [2.05, 4.69) is 20.3 Å². The number of piperidine rings is 1. The van der Waals surface area contributed by atoms with Crippen LogP contribution in [0.2, 0.25) is 0 Å². The fraction of sp³-hybridized carbons (Fsp3) is 0.444. The van der Waals surface area contributed by atoms with Gasteiger partial charge in [-0.3, -0.25) is 4.90 Å². The fourth-order valence-electron chi connectivity index (χ4n) is 3.42. The standard InChI is InChI=1S/C18H22FN5S/c1-12-16-17(23(2)22-12)21-18(25-16)20-14-7-9-24(10-8-14)11-13-5-3-4-6-15(13)19/h3-6,14H,7-11H2,1-2H3,(H,20,21). The summed E-state index contributed by atoms with van der Waals surface area (Å²) in [7, 11) is 1.93. The molecule has 1 N–H and O–H groups in total. The summed E-state index contributed by atoms with van der Waals surface area (Å²) in [5.74, 6) is -0.110. The Bertz CT molecular complexity index is 844. The molecule has 0 amide bonds. The van der Waals surface area contributed by atoms with E-state index < -0.39 is 0 Å². The molecule has 4 rings (SSSR count). The van der Waals surface area contributed by atoms with Gasteiger partial charge in [-0.05, 0) is 25.8 Å². The Morgan fingerprint density at radius 3 is 2.76 bits per heavy atom. The van der Waals surface area contributed by atoms with E-state index in [0.29, 0.717) is 12.6 Å². The van der Waals surface area contributed by atoms with E-state index in [-0.39, 0.29) is 5.82 Å². The van der Waals surface area contributed by atoms with E-state index in [1.54, 1.807) is 17.4 Å². The lowest BCUT2D eigenvalue weighted by Gasteiger charge is -2.32. The zero-order valence-corrected chi connectivity index (χ0v) is 15.3. The molecule has 0 spiro atoms. The highest BCUT2D eigenvalue weighted by atomic mass is 32.1. The molecule has 0 saturated carbocycles. The summed E-state index contributed by atoms with van der Waals surface area (Å²) in [5, 5.41) is 8.94. The average Bonchev–Trinajstić information content (AvgIpc) is 3.13. The van der Waals surface area contributed by atoms with Crippen molar-refractivity contribution in [1.29, 1.82) is 0 Å². The summed E-state index contributed by atoms with van der Waals surface area (Å²) in [5.41, 5.74) is 2.76. The molecule has 5 nitrogen and oxygen atoms in total. The number of hydrogen-bond donors (Lipinski definition) is 1. The third-order valence-corrected chi connectivity index (χ3v) is 5.90. The van der Waals surface area contributed by atoms with Crippen LogP contribution in [0.1, 0.15) is 24.1 Å². The topological polar surface area (TPSA) is 46.0 Å². The molecular weight excluding hydrogens is 337 g/mol. The Kier molecular flexibility index (Phi) is 4.43. The number of benzene rings is 1. The van der Waals surface area contributed by atoms with E-state index in [1.807, 2.05) is 30.8 Å². The second-order valence-electron chi connectivity index (χ2n) is 6.67. The number of halogens is 1. The molecular formula is C18H22FN5S. The highest BCUT2D eigenvalue weighted by molar-refractivity contribution is 7.22. The number of thiazole rings is 1. The lowest BCUT2D eigenvalue weighted by Crippen LogP contribution is -2.38. The molecule has 2 aromatic heterocycles. The van der Waals surface area contributed by atoms with E-state index in [4.69, 9.17) is 0 Å². The number of nitrogens with zero attached hydrogens (tertiary/aromatic N) is 4. The summed E-state index contributed by atoms with van der Waals surface area (Å²) in [6.07, 6.45) is 2.09. The van der Waals surface area contributed by atoms with Gasteiger partial charge in [0, 0.05) is 38.3 Å². The molecule has 25 heavy (non-hydrogen) atoms. The first-order valence-corrected chi connectivity index (χ1v) is 9.44. The van der Waals surface area contributed by atoms with Crippen LogP contribution in [0, 0.1) is 12.7 Å². The van der Waals surface area contributed by atoms with Crippen molar-refractivity contribution >= 4 is 26.8 Å². The molecule has 0 unspecified atom stereocenters. The zero-order chi connectivity index (χ0) is 17.4. The molecule has 7 heteroatoms. The average molecular weight is 359 g/mol. The van der Waals surface area contributed by atoms with Gasteiger partial charge in [0.25, 0.3) is 0 Å². The van der Waals surface area contributed by atoms with Gasteiger partial charge in [0.1, 0.15) is 5.82 Å². The highest BCUT2D eigenvalue weighted by Gasteiger charge is 2.21. The summed E-state index contributed by atoms with van der Waals surface area (Å²) in [6.45, 7) is 4.64. The maximum atomic E-state index is 13.8. The molecule has 0 atom stereocenters. The highest BCUT2D eigenvalue weighted by Crippen LogP contribution is 2.29. The van der Waals surface area contributed by atoms with Crippen molar-refractivity contribution in [2.45, 2.75) is 32.4 Å². The predicted octanol–water partition coefficient (Wildman–Crippen LogP) is 3.55. The molecule has 3 heterocycles. The molecule has 0 bridgehead atoms. The Morgan fingerprint density at radius 2 is 2.04 bits per heavy atom. The van der Waals surface area contributed by atoms with Gasteiger partial charge in [0.15, 0.2) is 10.8 Å². The van der Waals surface area contributed by atoms with E-state index in [0.717, 1.165) is 52.7 Å². The van der Waals surface area contributed by atoms with Crippen molar-refractivity contribution in [2.75, 3.05) is 18.4 Å². The van der Waals surface area contributed by atoms with Gasteiger partial charge in [-0.1, -0.05) is 29.5 Å². The molecule has 1 aliphatic rings. The minimum absolute atomic E-state index is 0.110. The minimum Gasteiger partial charge on any atom is -0.359 e. The Hall–Kier alpha value is -1.99. The van der Waals surface area contributed by atoms with E-state index in [9.17, 15) is 4.39 Å². The Labute approximate surface area is 150 Å². The monoisotopic (exact) mass is 359 g/mol. The number of hydrogen-bond acceptors (Lipinski definition) is 5. The normalized spacial score (nSPS) is 16.6. The van der Waals surface area contributed by atoms with Crippen LogP contribution in [0.15, 0.2) is 24.3 Å². The van der Waals surface area contributed by atoms with Crippen LogP contribution in [-0.4, -0.2) is 38.8 Å². The van der Waals surface area contributed by atoms with Crippen LogP contribution in [0.5, 0.6) is 0 Å². The van der Waals surface area contributed by atoms with Gasteiger partial charge >= 0.3 is 0 Å². The number of aryl methyl sites for hydroxylation is 2. The van der Waals surface area contributed by atoms with Crippen LogP contribution in [0.25, 0.3) is 10.3 Å². The molecule has 1 aliphatic heterocycles. The number of aromatic nitrogens is 3. The van der Waals surface area contributed by atoms with Crippen LogP contribution in [0.3, 0.4) is 0 Å². The maximum absolute atomic E-state index is 13.8.